The Morgan fingerprint density at radius 2 is 1.83 bits per heavy atom. The Morgan fingerprint density at radius 3 is 2.38 bits per heavy atom. The van der Waals surface area contributed by atoms with E-state index in [1.54, 1.807) is 0 Å². The third-order valence-corrected chi connectivity index (χ3v) is 6.40. The van der Waals surface area contributed by atoms with E-state index in [0.717, 1.165) is 16.2 Å². The zero-order valence-electron chi connectivity index (χ0n) is 14.7. The molecule has 126 valence electrons. The lowest BCUT2D eigenvalue weighted by molar-refractivity contribution is 0.589. The molecule has 0 aliphatic carbocycles. The van der Waals surface area contributed by atoms with Crippen LogP contribution in [0.2, 0.25) is 0 Å². The number of nitrogens with zero attached hydrogens (tertiary/aromatic N) is 2. The summed E-state index contributed by atoms with van der Waals surface area (Å²) in [6.07, 6.45) is 0. The number of nitriles is 1. The van der Waals surface area contributed by atoms with Crippen LogP contribution in [0.4, 0.5) is 0 Å². The third-order valence-electron chi connectivity index (χ3n) is 3.71. The van der Waals surface area contributed by atoms with Crippen molar-refractivity contribution in [2.45, 2.75) is 50.0 Å². The van der Waals surface area contributed by atoms with Gasteiger partial charge in [0.15, 0.2) is 0 Å². The minimum atomic E-state index is -1.13. The summed E-state index contributed by atoms with van der Waals surface area (Å²) < 4.78 is 12.5. The zero-order valence-corrected chi connectivity index (χ0v) is 16.3. The Bertz CT molecular complexity index is 800. The molecule has 0 unspecified atom stereocenters. The van der Waals surface area contributed by atoms with Crippen LogP contribution >= 0.6 is 11.8 Å². The predicted molar refractivity (Wildman–Crippen MR) is 101 cm³/mol. The van der Waals surface area contributed by atoms with E-state index in [1.165, 1.54) is 17.3 Å². The van der Waals surface area contributed by atoms with Gasteiger partial charge >= 0.3 is 0 Å². The van der Waals surface area contributed by atoms with Crippen LogP contribution in [0.3, 0.4) is 0 Å². The van der Waals surface area contributed by atoms with E-state index in [4.69, 9.17) is 0 Å². The minimum Gasteiger partial charge on any atom is -0.253 e. The number of hydrogen-bond acceptors (Lipinski definition) is 4. The van der Waals surface area contributed by atoms with Crippen molar-refractivity contribution in [2.24, 2.45) is 0 Å². The number of hydrogen-bond donors (Lipinski definition) is 0. The average Bonchev–Trinajstić information content (AvgIpc) is 2.51. The fourth-order valence-corrected chi connectivity index (χ4v) is 4.75. The SMILES string of the molecule is Cc1cc(C)c(C#N)c(SC[S@@](=O)c2ccc(C(C)(C)C)cc2)n1. The molecule has 5 heteroatoms. The molecule has 2 aromatic rings. The Morgan fingerprint density at radius 1 is 1.21 bits per heavy atom. The first-order valence-corrected chi connectivity index (χ1v) is 10.0. The number of thioether (sulfide) groups is 1. The van der Waals surface area contributed by atoms with Crippen molar-refractivity contribution in [3.05, 3.63) is 52.7 Å². The molecular weight excluding hydrogens is 336 g/mol. The second-order valence-corrected chi connectivity index (χ2v) is 9.54. The molecule has 3 nitrogen and oxygen atoms in total. The van der Waals surface area contributed by atoms with E-state index in [2.05, 4.69) is 31.8 Å². The highest BCUT2D eigenvalue weighted by Gasteiger charge is 2.15. The van der Waals surface area contributed by atoms with Crippen LogP contribution in [0.25, 0.3) is 0 Å². The smallest absolute Gasteiger partial charge is 0.115 e. The number of aromatic nitrogens is 1. The quantitative estimate of drug-likeness (QED) is 0.742. The molecular formula is C19H22N2OS2. The highest BCUT2D eigenvalue weighted by atomic mass is 32.2. The summed E-state index contributed by atoms with van der Waals surface area (Å²) in [4.78, 5) is 5.23. The second kappa shape index (κ2) is 7.50. The summed E-state index contributed by atoms with van der Waals surface area (Å²) >= 11 is 1.38. The van der Waals surface area contributed by atoms with Crippen LogP contribution in [0.1, 0.15) is 43.2 Å². The topological polar surface area (TPSA) is 53.8 Å². The molecule has 0 fully saturated rings. The molecule has 0 aliphatic rings. The van der Waals surface area contributed by atoms with Gasteiger partial charge in [-0.25, -0.2) is 4.98 Å². The molecule has 0 bridgehead atoms. The summed E-state index contributed by atoms with van der Waals surface area (Å²) in [5.74, 6) is 0. The van der Waals surface area contributed by atoms with Gasteiger partial charge in [0, 0.05) is 10.6 Å². The van der Waals surface area contributed by atoms with E-state index in [9.17, 15) is 9.47 Å². The average molecular weight is 359 g/mol. The van der Waals surface area contributed by atoms with Gasteiger partial charge in [0.2, 0.25) is 0 Å². The van der Waals surface area contributed by atoms with Crippen LogP contribution in [0.15, 0.2) is 40.3 Å². The van der Waals surface area contributed by atoms with Gasteiger partial charge in [-0.05, 0) is 48.6 Å². The van der Waals surface area contributed by atoms with Crippen molar-refractivity contribution in [3.63, 3.8) is 0 Å². The molecule has 0 saturated heterocycles. The van der Waals surface area contributed by atoms with E-state index >= 15 is 0 Å². The first kappa shape index (κ1) is 18.7. The lowest BCUT2D eigenvalue weighted by atomic mass is 9.87. The van der Waals surface area contributed by atoms with Crippen LogP contribution in [0.5, 0.6) is 0 Å². The van der Waals surface area contributed by atoms with E-state index in [-0.39, 0.29) is 5.41 Å². The maximum atomic E-state index is 12.5. The summed E-state index contributed by atoms with van der Waals surface area (Å²) in [5.41, 5.74) is 3.66. The van der Waals surface area contributed by atoms with Crippen molar-refractivity contribution in [1.29, 1.82) is 5.26 Å². The fraction of sp³-hybridized carbons (Fsp3) is 0.368. The second-order valence-electron chi connectivity index (χ2n) is 6.75. The van der Waals surface area contributed by atoms with Crippen molar-refractivity contribution in [1.82, 2.24) is 4.98 Å². The number of rotatable bonds is 4. The van der Waals surface area contributed by atoms with Crippen molar-refractivity contribution in [3.8, 4) is 6.07 Å². The van der Waals surface area contributed by atoms with Crippen molar-refractivity contribution < 1.29 is 4.21 Å². The molecule has 0 radical (unpaired) electrons. The van der Waals surface area contributed by atoms with E-state index in [1.807, 2.05) is 44.2 Å². The summed E-state index contributed by atoms with van der Waals surface area (Å²) in [7, 11) is -1.13. The molecule has 1 aromatic heterocycles. The lowest BCUT2D eigenvalue weighted by Gasteiger charge is -2.19. The normalized spacial score (nSPS) is 12.7. The van der Waals surface area contributed by atoms with E-state index < -0.39 is 10.8 Å². The van der Waals surface area contributed by atoms with Gasteiger partial charge < -0.3 is 0 Å². The van der Waals surface area contributed by atoms with Gasteiger partial charge in [0.25, 0.3) is 0 Å². The standard InChI is InChI=1S/C19H22N2OS2/c1-13-10-14(2)21-18(17(13)11-20)23-12-24(22)16-8-6-15(7-9-16)19(3,4)5/h6-10H,12H2,1-5H3/t24-/m1/s1. The number of pyridine rings is 1. The molecule has 1 aromatic carbocycles. The molecule has 0 amide bonds. The minimum absolute atomic E-state index is 0.0828. The Labute approximate surface area is 151 Å². The maximum Gasteiger partial charge on any atom is 0.115 e. The van der Waals surface area contributed by atoms with Crippen molar-refractivity contribution >= 4 is 22.6 Å². The largest absolute Gasteiger partial charge is 0.253 e. The van der Waals surface area contributed by atoms with Gasteiger partial charge in [-0.1, -0.05) is 44.7 Å². The maximum absolute atomic E-state index is 12.5. The molecule has 2 rings (SSSR count). The van der Waals surface area contributed by atoms with Gasteiger partial charge in [-0.2, -0.15) is 5.26 Å². The summed E-state index contributed by atoms with van der Waals surface area (Å²) in [6.45, 7) is 10.3. The molecule has 24 heavy (non-hydrogen) atoms. The third kappa shape index (κ3) is 4.46. The van der Waals surface area contributed by atoms with Crippen LogP contribution < -0.4 is 0 Å². The van der Waals surface area contributed by atoms with Gasteiger partial charge in [0.05, 0.1) is 21.4 Å². The summed E-state index contributed by atoms with van der Waals surface area (Å²) in [6, 6.07) is 12.0. The Hall–Kier alpha value is -1.64. The molecule has 0 spiro atoms. The number of aryl methyl sites for hydroxylation is 2. The molecule has 1 heterocycles. The Kier molecular flexibility index (Phi) is 5.84. The van der Waals surface area contributed by atoms with Gasteiger partial charge in [-0.3, -0.25) is 4.21 Å². The first-order valence-electron chi connectivity index (χ1n) is 7.72. The highest BCUT2D eigenvalue weighted by Crippen LogP contribution is 2.27. The number of benzene rings is 1. The predicted octanol–water partition coefficient (Wildman–Crippen LogP) is 4.73. The van der Waals surface area contributed by atoms with Gasteiger partial charge in [0.1, 0.15) is 11.1 Å². The summed E-state index contributed by atoms with van der Waals surface area (Å²) in [5, 5.41) is 10.4. The molecule has 0 saturated carbocycles. The van der Waals surface area contributed by atoms with Crippen LogP contribution in [-0.2, 0) is 16.2 Å². The fourth-order valence-electron chi connectivity index (χ4n) is 2.33. The lowest BCUT2D eigenvalue weighted by Crippen LogP contribution is -2.10. The monoisotopic (exact) mass is 358 g/mol. The van der Waals surface area contributed by atoms with Crippen molar-refractivity contribution in [2.75, 3.05) is 5.08 Å². The highest BCUT2D eigenvalue weighted by molar-refractivity contribution is 8.10. The molecule has 1 atom stereocenters. The zero-order chi connectivity index (χ0) is 17.9. The molecule has 0 aliphatic heterocycles. The first-order chi connectivity index (χ1) is 11.2. The van der Waals surface area contributed by atoms with Crippen LogP contribution in [-0.4, -0.2) is 14.3 Å². The van der Waals surface area contributed by atoms with Gasteiger partial charge in [-0.15, -0.1) is 0 Å². The molecule has 0 N–H and O–H groups in total. The Balaban J connectivity index is 2.13. The van der Waals surface area contributed by atoms with Crippen LogP contribution in [0, 0.1) is 25.2 Å². The van der Waals surface area contributed by atoms with E-state index in [0.29, 0.717) is 15.7 Å².